The Morgan fingerprint density at radius 2 is 2.12 bits per heavy atom. The minimum atomic E-state index is -0.557. The summed E-state index contributed by atoms with van der Waals surface area (Å²) in [6.45, 7) is 4.81. The predicted octanol–water partition coefficient (Wildman–Crippen LogP) is 2.21. The molecule has 1 aromatic rings. The van der Waals surface area contributed by atoms with Gasteiger partial charge in [-0.2, -0.15) is 0 Å². The van der Waals surface area contributed by atoms with E-state index >= 15 is 0 Å². The molecule has 0 aliphatic rings. The van der Waals surface area contributed by atoms with Crippen LogP contribution in [0.1, 0.15) is 12.5 Å². The number of nitrogens with zero attached hydrogens (tertiary/aromatic N) is 1. The summed E-state index contributed by atoms with van der Waals surface area (Å²) in [4.78, 5) is 21.2. The van der Waals surface area contributed by atoms with Crippen LogP contribution < -0.4 is 0 Å². The Hall–Kier alpha value is -2.17. The van der Waals surface area contributed by atoms with Crippen LogP contribution in [0.4, 0.5) is 5.69 Å². The molecule has 0 radical (unpaired) electrons. The second kappa shape index (κ2) is 5.06. The van der Waals surface area contributed by atoms with E-state index in [9.17, 15) is 14.9 Å². The highest BCUT2D eigenvalue weighted by Crippen LogP contribution is 2.18. The zero-order chi connectivity index (χ0) is 12.1. The number of para-hydroxylation sites is 1. The monoisotopic (exact) mass is 221 g/mol. The number of ether oxygens (including phenoxy) is 1. The van der Waals surface area contributed by atoms with Crippen LogP contribution in [0.25, 0.3) is 0 Å². The molecule has 16 heavy (non-hydrogen) atoms. The Kier molecular flexibility index (Phi) is 3.77. The van der Waals surface area contributed by atoms with Crippen LogP contribution in [0.5, 0.6) is 0 Å². The topological polar surface area (TPSA) is 69.4 Å². The second-order valence-electron chi connectivity index (χ2n) is 3.24. The van der Waals surface area contributed by atoms with Crippen molar-refractivity contribution in [2.24, 2.45) is 0 Å². The van der Waals surface area contributed by atoms with Gasteiger partial charge in [-0.15, -0.1) is 0 Å². The predicted molar refractivity (Wildman–Crippen MR) is 57.7 cm³/mol. The summed E-state index contributed by atoms with van der Waals surface area (Å²) in [6.07, 6.45) is 0. The third kappa shape index (κ3) is 2.91. The van der Waals surface area contributed by atoms with Crippen molar-refractivity contribution >= 4 is 11.7 Å². The third-order valence-electron chi connectivity index (χ3n) is 1.90. The van der Waals surface area contributed by atoms with E-state index in [2.05, 4.69) is 6.58 Å². The van der Waals surface area contributed by atoms with Gasteiger partial charge >= 0.3 is 5.97 Å². The van der Waals surface area contributed by atoms with E-state index in [1.165, 1.54) is 13.0 Å². The molecule has 5 heteroatoms. The lowest BCUT2D eigenvalue weighted by atomic mass is 10.2. The maximum Gasteiger partial charge on any atom is 0.333 e. The van der Waals surface area contributed by atoms with E-state index in [4.69, 9.17) is 4.74 Å². The minimum Gasteiger partial charge on any atom is -0.457 e. The van der Waals surface area contributed by atoms with Gasteiger partial charge in [0.15, 0.2) is 0 Å². The first-order valence-corrected chi connectivity index (χ1v) is 4.57. The maximum atomic E-state index is 11.1. The first kappa shape index (κ1) is 11.9. The van der Waals surface area contributed by atoms with E-state index < -0.39 is 10.9 Å². The molecular formula is C11H11NO4. The van der Waals surface area contributed by atoms with Gasteiger partial charge < -0.3 is 4.74 Å². The summed E-state index contributed by atoms with van der Waals surface area (Å²) >= 11 is 0. The van der Waals surface area contributed by atoms with Crippen molar-refractivity contribution in [2.45, 2.75) is 13.5 Å². The smallest absolute Gasteiger partial charge is 0.333 e. The Balaban J connectivity index is 2.78. The molecule has 1 aromatic carbocycles. The standard InChI is InChI=1S/C11H11NO4/c1-8(2)11(13)16-7-9-5-3-4-6-10(9)12(14)15/h3-6H,1,7H2,2H3. The van der Waals surface area contributed by atoms with Crippen molar-refractivity contribution in [1.29, 1.82) is 0 Å². The zero-order valence-corrected chi connectivity index (χ0v) is 8.80. The molecule has 0 bridgehead atoms. The molecule has 84 valence electrons. The number of hydrogen-bond donors (Lipinski definition) is 0. The Bertz CT molecular complexity index is 439. The van der Waals surface area contributed by atoms with Crippen molar-refractivity contribution in [1.82, 2.24) is 0 Å². The summed E-state index contributed by atoms with van der Waals surface area (Å²) in [5.41, 5.74) is 0.567. The van der Waals surface area contributed by atoms with Crippen molar-refractivity contribution in [3.63, 3.8) is 0 Å². The van der Waals surface area contributed by atoms with E-state index in [1.807, 2.05) is 0 Å². The molecule has 0 aliphatic heterocycles. The van der Waals surface area contributed by atoms with Crippen LogP contribution in [0.15, 0.2) is 36.4 Å². The lowest BCUT2D eigenvalue weighted by Gasteiger charge is -2.04. The minimum absolute atomic E-state index is 0.0583. The Morgan fingerprint density at radius 1 is 1.50 bits per heavy atom. The van der Waals surface area contributed by atoms with Gasteiger partial charge in [0.25, 0.3) is 5.69 Å². The SMILES string of the molecule is C=C(C)C(=O)OCc1ccccc1[N+](=O)[O-]. The summed E-state index contributed by atoms with van der Waals surface area (Å²) in [7, 11) is 0. The molecule has 0 aromatic heterocycles. The van der Waals surface area contributed by atoms with E-state index in [-0.39, 0.29) is 17.9 Å². The fourth-order valence-corrected chi connectivity index (χ4v) is 1.08. The average molecular weight is 221 g/mol. The molecule has 0 aliphatic carbocycles. The average Bonchev–Trinajstić information content (AvgIpc) is 2.25. The molecule has 1 rings (SSSR count). The summed E-state index contributed by atoms with van der Waals surface area (Å²) < 4.78 is 4.84. The number of nitro groups is 1. The van der Waals surface area contributed by atoms with Gasteiger partial charge in [-0.25, -0.2) is 4.79 Å². The fraction of sp³-hybridized carbons (Fsp3) is 0.182. The van der Waals surface area contributed by atoms with Gasteiger partial charge in [0, 0.05) is 11.6 Å². The van der Waals surface area contributed by atoms with Crippen LogP contribution in [0, 0.1) is 10.1 Å². The van der Waals surface area contributed by atoms with Crippen LogP contribution in [0.2, 0.25) is 0 Å². The van der Waals surface area contributed by atoms with Crippen LogP contribution in [-0.2, 0) is 16.1 Å². The first-order chi connectivity index (χ1) is 7.52. The molecule has 5 nitrogen and oxygen atoms in total. The fourth-order valence-electron chi connectivity index (χ4n) is 1.08. The summed E-state index contributed by atoms with van der Waals surface area (Å²) in [5, 5.41) is 10.6. The molecule has 0 atom stereocenters. The van der Waals surface area contributed by atoms with Crippen LogP contribution >= 0.6 is 0 Å². The van der Waals surface area contributed by atoms with Gasteiger partial charge in [-0.05, 0) is 13.0 Å². The van der Waals surface area contributed by atoms with Gasteiger partial charge in [-0.1, -0.05) is 18.7 Å². The quantitative estimate of drug-likeness (QED) is 0.338. The third-order valence-corrected chi connectivity index (χ3v) is 1.90. The number of benzene rings is 1. The normalized spacial score (nSPS) is 9.56. The number of nitro benzene ring substituents is 1. The lowest BCUT2D eigenvalue weighted by molar-refractivity contribution is -0.385. The number of hydrogen-bond acceptors (Lipinski definition) is 4. The first-order valence-electron chi connectivity index (χ1n) is 4.57. The Morgan fingerprint density at radius 3 is 2.69 bits per heavy atom. The number of carbonyl (C=O) groups is 1. The second-order valence-corrected chi connectivity index (χ2v) is 3.24. The lowest BCUT2D eigenvalue weighted by Crippen LogP contribution is -2.06. The highest BCUT2D eigenvalue weighted by Gasteiger charge is 2.13. The largest absolute Gasteiger partial charge is 0.457 e. The van der Waals surface area contributed by atoms with Gasteiger partial charge in [-0.3, -0.25) is 10.1 Å². The van der Waals surface area contributed by atoms with Gasteiger partial charge in [0.05, 0.1) is 10.5 Å². The number of rotatable bonds is 4. The van der Waals surface area contributed by atoms with Gasteiger partial charge in [0.1, 0.15) is 6.61 Å². The van der Waals surface area contributed by atoms with Crippen molar-refractivity contribution < 1.29 is 14.5 Å². The van der Waals surface area contributed by atoms with Crippen LogP contribution in [0.3, 0.4) is 0 Å². The van der Waals surface area contributed by atoms with Crippen molar-refractivity contribution in [3.05, 3.63) is 52.1 Å². The van der Waals surface area contributed by atoms with Crippen molar-refractivity contribution in [3.8, 4) is 0 Å². The summed E-state index contributed by atoms with van der Waals surface area (Å²) in [5.74, 6) is -0.557. The Labute approximate surface area is 92.5 Å². The van der Waals surface area contributed by atoms with Crippen molar-refractivity contribution in [2.75, 3.05) is 0 Å². The molecule has 0 saturated carbocycles. The molecule has 0 spiro atoms. The number of carbonyl (C=O) groups excluding carboxylic acids is 1. The molecule has 0 heterocycles. The summed E-state index contributed by atoms with van der Waals surface area (Å²) in [6, 6.07) is 6.12. The molecule has 0 saturated heterocycles. The number of esters is 1. The molecule has 0 unspecified atom stereocenters. The maximum absolute atomic E-state index is 11.1. The van der Waals surface area contributed by atoms with E-state index in [0.717, 1.165) is 0 Å². The van der Waals surface area contributed by atoms with E-state index in [0.29, 0.717) is 5.56 Å². The van der Waals surface area contributed by atoms with Crippen LogP contribution in [-0.4, -0.2) is 10.9 Å². The molecule has 0 fully saturated rings. The van der Waals surface area contributed by atoms with E-state index in [1.54, 1.807) is 18.2 Å². The molecular weight excluding hydrogens is 210 g/mol. The highest BCUT2D eigenvalue weighted by atomic mass is 16.6. The van der Waals surface area contributed by atoms with Gasteiger partial charge in [0.2, 0.25) is 0 Å². The molecule has 0 N–H and O–H groups in total. The zero-order valence-electron chi connectivity index (χ0n) is 8.80. The highest BCUT2D eigenvalue weighted by molar-refractivity contribution is 5.86. The molecule has 0 amide bonds.